The third-order valence-corrected chi connectivity index (χ3v) is 7.58. The van der Waals surface area contributed by atoms with Gasteiger partial charge in [-0.25, -0.2) is 0 Å². The molecular weight excluding hydrogens is 360 g/mol. The number of aromatic nitrogens is 1. The predicted molar refractivity (Wildman–Crippen MR) is 114 cm³/mol. The first-order valence-electron chi connectivity index (χ1n) is 8.97. The molecule has 0 aliphatic carbocycles. The highest BCUT2D eigenvalue weighted by Gasteiger charge is 2.17. The number of aromatic amines is 1. The van der Waals surface area contributed by atoms with Crippen LogP contribution in [0.3, 0.4) is 0 Å². The normalized spacial score (nSPS) is 15.2. The molecule has 0 bridgehead atoms. The molecule has 0 radical (unpaired) electrons. The summed E-state index contributed by atoms with van der Waals surface area (Å²) in [5, 5.41) is 4.27. The van der Waals surface area contributed by atoms with Crippen molar-refractivity contribution >= 4 is 46.0 Å². The Morgan fingerprint density at radius 1 is 1.12 bits per heavy atom. The Morgan fingerprint density at radius 2 is 1.96 bits per heavy atom. The molecular formula is C21H22N2OS2. The van der Waals surface area contributed by atoms with Crippen molar-refractivity contribution in [1.82, 2.24) is 4.98 Å². The van der Waals surface area contributed by atoms with Crippen molar-refractivity contribution in [3.8, 4) is 0 Å². The summed E-state index contributed by atoms with van der Waals surface area (Å²) in [6.45, 7) is 0. The predicted octanol–water partition coefficient (Wildman–Crippen LogP) is 5.61. The van der Waals surface area contributed by atoms with Crippen molar-refractivity contribution in [1.29, 1.82) is 0 Å². The molecule has 0 unspecified atom stereocenters. The number of benzene rings is 2. The highest BCUT2D eigenvalue weighted by atomic mass is 32.2. The lowest BCUT2D eigenvalue weighted by atomic mass is 10.1. The lowest BCUT2D eigenvalue weighted by molar-refractivity contribution is -0.116. The Hall–Kier alpha value is -1.85. The third kappa shape index (κ3) is 4.10. The summed E-state index contributed by atoms with van der Waals surface area (Å²) in [6, 6.07) is 16.5. The lowest BCUT2D eigenvalue weighted by Gasteiger charge is -2.21. The van der Waals surface area contributed by atoms with Gasteiger partial charge in [0.15, 0.2) is 0 Å². The first-order chi connectivity index (χ1) is 12.8. The fraction of sp³-hybridized carbons (Fsp3) is 0.286. The van der Waals surface area contributed by atoms with E-state index in [1.54, 1.807) is 0 Å². The fourth-order valence-electron chi connectivity index (χ4n) is 3.25. The molecule has 0 atom stereocenters. The van der Waals surface area contributed by atoms with E-state index < -0.39 is 0 Å². The molecule has 1 aromatic heterocycles. The number of H-pyrrole nitrogens is 1. The first kappa shape index (κ1) is 17.6. The molecule has 1 fully saturated rings. The van der Waals surface area contributed by atoms with Crippen molar-refractivity contribution in [3.63, 3.8) is 0 Å². The number of aryl methyl sites for hydroxylation is 1. The number of carbonyl (C=O) groups excluding carboxylic acids is 1. The van der Waals surface area contributed by atoms with Crippen LogP contribution in [0.15, 0.2) is 54.7 Å². The second kappa shape index (κ2) is 8.23. The second-order valence-electron chi connectivity index (χ2n) is 6.46. The van der Waals surface area contributed by atoms with Crippen molar-refractivity contribution in [2.45, 2.75) is 23.8 Å². The summed E-state index contributed by atoms with van der Waals surface area (Å²) < 4.78 is 0.492. The van der Waals surface area contributed by atoms with E-state index in [9.17, 15) is 4.79 Å². The van der Waals surface area contributed by atoms with Gasteiger partial charge in [0.05, 0.1) is 4.58 Å². The number of rotatable bonds is 5. The molecule has 3 nitrogen and oxygen atoms in total. The molecule has 3 aromatic rings. The van der Waals surface area contributed by atoms with Crippen molar-refractivity contribution in [3.05, 3.63) is 65.9 Å². The van der Waals surface area contributed by atoms with Crippen molar-refractivity contribution < 1.29 is 4.79 Å². The van der Waals surface area contributed by atoms with Crippen LogP contribution in [0.25, 0.3) is 10.9 Å². The Morgan fingerprint density at radius 3 is 2.85 bits per heavy atom. The molecule has 2 heterocycles. The fourth-order valence-corrected chi connectivity index (χ4v) is 6.13. The quantitative estimate of drug-likeness (QED) is 0.603. The zero-order valence-corrected chi connectivity index (χ0v) is 16.2. The number of fused-ring (bicyclic) bond motifs is 1. The molecule has 2 N–H and O–H groups in total. The zero-order valence-electron chi connectivity index (χ0n) is 14.5. The van der Waals surface area contributed by atoms with Gasteiger partial charge in [-0.1, -0.05) is 30.3 Å². The summed E-state index contributed by atoms with van der Waals surface area (Å²) in [4.78, 5) is 15.7. The van der Waals surface area contributed by atoms with E-state index in [2.05, 4.69) is 34.6 Å². The number of anilines is 1. The number of hydrogen-bond donors (Lipinski definition) is 2. The Kier molecular flexibility index (Phi) is 5.56. The van der Waals surface area contributed by atoms with Gasteiger partial charge in [-0.15, -0.1) is 23.5 Å². The molecule has 5 heteroatoms. The molecule has 0 spiro atoms. The van der Waals surface area contributed by atoms with Gasteiger partial charge < -0.3 is 10.3 Å². The molecule has 1 amide bonds. The average molecular weight is 383 g/mol. The van der Waals surface area contributed by atoms with Gasteiger partial charge in [-0.3, -0.25) is 4.79 Å². The molecule has 2 aromatic carbocycles. The van der Waals surface area contributed by atoms with Crippen LogP contribution in [0.2, 0.25) is 0 Å². The van der Waals surface area contributed by atoms with Crippen LogP contribution in [-0.4, -0.2) is 22.4 Å². The largest absolute Gasteiger partial charge is 0.361 e. The maximum Gasteiger partial charge on any atom is 0.224 e. The highest BCUT2D eigenvalue weighted by molar-refractivity contribution is 8.16. The Labute approximate surface area is 162 Å². The van der Waals surface area contributed by atoms with Crippen LogP contribution < -0.4 is 5.32 Å². The van der Waals surface area contributed by atoms with E-state index in [0.29, 0.717) is 11.0 Å². The van der Waals surface area contributed by atoms with Crippen LogP contribution in [0.1, 0.15) is 28.6 Å². The number of para-hydroxylation sites is 1. The van der Waals surface area contributed by atoms with Crippen molar-refractivity contribution in [2.75, 3.05) is 16.8 Å². The van der Waals surface area contributed by atoms with E-state index >= 15 is 0 Å². The minimum absolute atomic E-state index is 0.0661. The minimum Gasteiger partial charge on any atom is -0.361 e. The summed E-state index contributed by atoms with van der Waals surface area (Å²) in [5.41, 5.74) is 4.52. The number of carbonyl (C=O) groups is 1. The van der Waals surface area contributed by atoms with Crippen LogP contribution in [-0.2, 0) is 11.2 Å². The average Bonchev–Trinajstić information content (AvgIpc) is 3.10. The SMILES string of the molecule is O=C(CCc1c[nH]c2ccccc12)Nc1cccc(C2SCCCS2)c1. The van der Waals surface area contributed by atoms with Gasteiger partial charge in [0.2, 0.25) is 5.91 Å². The zero-order chi connectivity index (χ0) is 17.8. The van der Waals surface area contributed by atoms with Crippen LogP contribution >= 0.6 is 23.5 Å². The highest BCUT2D eigenvalue weighted by Crippen LogP contribution is 2.44. The maximum atomic E-state index is 12.4. The van der Waals surface area contributed by atoms with E-state index in [-0.39, 0.29) is 5.91 Å². The van der Waals surface area contributed by atoms with Gasteiger partial charge >= 0.3 is 0 Å². The molecule has 1 aliphatic rings. The van der Waals surface area contributed by atoms with E-state index in [1.165, 1.54) is 34.4 Å². The molecule has 4 rings (SSSR count). The number of amides is 1. The van der Waals surface area contributed by atoms with Crippen LogP contribution in [0, 0.1) is 0 Å². The number of nitrogens with one attached hydrogen (secondary N) is 2. The summed E-state index contributed by atoms with van der Waals surface area (Å²) in [7, 11) is 0. The van der Waals surface area contributed by atoms with Gasteiger partial charge in [0.25, 0.3) is 0 Å². The Bertz CT molecular complexity index is 900. The van der Waals surface area contributed by atoms with E-state index in [4.69, 9.17) is 0 Å². The lowest BCUT2D eigenvalue weighted by Crippen LogP contribution is -2.12. The van der Waals surface area contributed by atoms with Gasteiger partial charge in [0.1, 0.15) is 0 Å². The first-order valence-corrected chi connectivity index (χ1v) is 11.1. The minimum atomic E-state index is 0.0661. The molecule has 1 saturated heterocycles. The number of hydrogen-bond acceptors (Lipinski definition) is 3. The van der Waals surface area contributed by atoms with Crippen molar-refractivity contribution in [2.24, 2.45) is 0 Å². The molecule has 26 heavy (non-hydrogen) atoms. The summed E-state index contributed by atoms with van der Waals surface area (Å²) in [6.07, 6.45) is 4.52. The smallest absolute Gasteiger partial charge is 0.224 e. The monoisotopic (exact) mass is 382 g/mol. The molecule has 1 aliphatic heterocycles. The second-order valence-corrected chi connectivity index (χ2v) is 9.18. The van der Waals surface area contributed by atoms with E-state index in [0.717, 1.165) is 17.6 Å². The van der Waals surface area contributed by atoms with E-state index in [1.807, 2.05) is 54.0 Å². The summed E-state index contributed by atoms with van der Waals surface area (Å²) in [5.74, 6) is 2.51. The maximum absolute atomic E-state index is 12.4. The van der Waals surface area contributed by atoms with Crippen LogP contribution in [0.4, 0.5) is 5.69 Å². The summed E-state index contributed by atoms with van der Waals surface area (Å²) >= 11 is 4.00. The third-order valence-electron chi connectivity index (χ3n) is 4.57. The van der Waals surface area contributed by atoms with Gasteiger partial charge in [-0.2, -0.15) is 0 Å². The standard InChI is InChI=1S/C21H22N2OS2/c24-20(10-9-16-14-22-19-8-2-1-7-18(16)19)23-17-6-3-5-15(13-17)21-25-11-4-12-26-21/h1-3,5-8,13-14,21-22H,4,9-12H2,(H,23,24). The van der Waals surface area contributed by atoms with Gasteiger partial charge in [0, 0.05) is 29.2 Å². The topological polar surface area (TPSA) is 44.9 Å². The Balaban J connectivity index is 1.37. The molecule has 0 saturated carbocycles. The molecule has 134 valence electrons. The van der Waals surface area contributed by atoms with Gasteiger partial charge in [-0.05, 0) is 53.7 Å². The number of thioether (sulfide) groups is 2. The van der Waals surface area contributed by atoms with Crippen LogP contribution in [0.5, 0.6) is 0 Å².